The maximum atomic E-state index is 13.7. The predicted molar refractivity (Wildman–Crippen MR) is 197 cm³/mol. The SMILES string of the molecule is COc1ccc(OC)c(-n2nnc(C(=O)Nc3cc(C(C)(C)C)ccc3OCCCCN3C(=O)CCC(N4Cc5c(N)cccc5C4=O)C3=O)c2C)c1. The van der Waals surface area contributed by atoms with Crippen LogP contribution in [0.1, 0.15) is 84.1 Å². The summed E-state index contributed by atoms with van der Waals surface area (Å²) in [5.74, 6) is 0.249. The van der Waals surface area contributed by atoms with Gasteiger partial charge in [-0.1, -0.05) is 38.1 Å². The summed E-state index contributed by atoms with van der Waals surface area (Å²) in [5, 5.41) is 11.4. The van der Waals surface area contributed by atoms with Gasteiger partial charge >= 0.3 is 0 Å². The van der Waals surface area contributed by atoms with Crippen molar-refractivity contribution in [1.82, 2.24) is 24.8 Å². The number of hydrogen-bond acceptors (Lipinski definition) is 10. The van der Waals surface area contributed by atoms with E-state index >= 15 is 0 Å². The second-order valence-corrected chi connectivity index (χ2v) is 14.2. The molecule has 2 aliphatic rings. The van der Waals surface area contributed by atoms with Crippen LogP contribution < -0.4 is 25.3 Å². The molecule has 4 amide bonds. The number of benzene rings is 3. The summed E-state index contributed by atoms with van der Waals surface area (Å²) < 4.78 is 18.6. The smallest absolute Gasteiger partial charge is 0.278 e. The molecule has 0 spiro atoms. The Balaban J connectivity index is 1.10. The number of piperidine rings is 1. The van der Waals surface area contributed by atoms with Crippen LogP contribution in [0.25, 0.3) is 5.69 Å². The average Bonchev–Trinajstić information content (AvgIpc) is 3.69. The van der Waals surface area contributed by atoms with Crippen molar-refractivity contribution in [3.05, 3.63) is 82.7 Å². The normalized spacial score (nSPS) is 15.8. The van der Waals surface area contributed by atoms with E-state index in [-0.39, 0.29) is 61.4 Å². The zero-order chi connectivity index (χ0) is 38.0. The maximum Gasteiger partial charge on any atom is 0.278 e. The molecule has 53 heavy (non-hydrogen) atoms. The lowest BCUT2D eigenvalue weighted by atomic mass is 9.87. The van der Waals surface area contributed by atoms with Gasteiger partial charge in [-0.05, 0) is 73.6 Å². The third-order valence-electron chi connectivity index (χ3n) is 9.74. The van der Waals surface area contributed by atoms with Crippen LogP contribution in [0.4, 0.5) is 11.4 Å². The molecule has 0 aliphatic carbocycles. The number of likely N-dealkylation sites (tertiary alicyclic amines) is 1. The first-order chi connectivity index (χ1) is 25.3. The van der Waals surface area contributed by atoms with Crippen LogP contribution in [0.2, 0.25) is 0 Å². The van der Waals surface area contributed by atoms with Crippen LogP contribution in [-0.2, 0) is 21.5 Å². The summed E-state index contributed by atoms with van der Waals surface area (Å²) in [4.78, 5) is 56.0. The van der Waals surface area contributed by atoms with Crippen molar-refractivity contribution in [1.29, 1.82) is 0 Å². The summed E-state index contributed by atoms with van der Waals surface area (Å²) in [6, 6.07) is 15.4. The second-order valence-electron chi connectivity index (χ2n) is 14.2. The van der Waals surface area contributed by atoms with Crippen LogP contribution in [-0.4, -0.2) is 81.8 Å². The molecule has 0 saturated carbocycles. The molecule has 2 aliphatic heterocycles. The summed E-state index contributed by atoms with van der Waals surface area (Å²) in [5.41, 5.74) is 10.3. The standard InChI is InChI=1S/C39H45N7O7/c1-23-35(42-43-46(23)31-21-25(51-5)13-16-33(31)52-6)36(48)41-29-20-24(39(2,3)4)12-15-32(29)53-19-8-7-18-44-34(47)17-14-30(38(44)50)45-22-27-26(37(45)49)10-9-11-28(27)40/h9-13,15-16,20-21,30H,7-8,14,17-19,22,40H2,1-6H3,(H,41,48). The van der Waals surface area contributed by atoms with Gasteiger partial charge in [-0.2, -0.15) is 0 Å². The van der Waals surface area contributed by atoms with Gasteiger partial charge in [0.05, 0.1) is 32.2 Å². The van der Waals surface area contributed by atoms with E-state index in [1.54, 1.807) is 57.5 Å². The van der Waals surface area contributed by atoms with Crippen LogP contribution in [0.3, 0.4) is 0 Å². The number of nitrogens with two attached hydrogens (primary N) is 1. The highest BCUT2D eigenvalue weighted by Crippen LogP contribution is 2.34. The molecule has 4 aromatic rings. The number of nitrogens with one attached hydrogen (secondary N) is 1. The van der Waals surface area contributed by atoms with E-state index in [0.717, 1.165) is 5.56 Å². The third-order valence-corrected chi connectivity index (χ3v) is 9.74. The van der Waals surface area contributed by atoms with Gasteiger partial charge in [0.1, 0.15) is 29.0 Å². The van der Waals surface area contributed by atoms with E-state index in [1.807, 2.05) is 18.2 Å². The molecule has 6 rings (SSSR count). The summed E-state index contributed by atoms with van der Waals surface area (Å²) in [6.07, 6.45) is 1.46. The molecular formula is C39H45N7O7. The number of rotatable bonds is 12. The lowest BCUT2D eigenvalue weighted by molar-refractivity contribution is -0.152. The molecule has 1 unspecified atom stereocenters. The number of carbonyl (C=O) groups is 4. The highest BCUT2D eigenvalue weighted by atomic mass is 16.5. The Labute approximate surface area is 308 Å². The number of fused-ring (bicyclic) bond motifs is 1. The minimum Gasteiger partial charge on any atom is -0.497 e. The molecule has 1 aromatic heterocycles. The highest BCUT2D eigenvalue weighted by Gasteiger charge is 2.42. The Morgan fingerprint density at radius 1 is 1.00 bits per heavy atom. The summed E-state index contributed by atoms with van der Waals surface area (Å²) in [7, 11) is 3.11. The monoisotopic (exact) mass is 723 g/mol. The fourth-order valence-electron chi connectivity index (χ4n) is 6.66. The summed E-state index contributed by atoms with van der Waals surface area (Å²) in [6.45, 7) is 8.69. The van der Waals surface area contributed by atoms with Gasteiger partial charge in [0.15, 0.2) is 5.69 Å². The minimum atomic E-state index is -0.724. The fraction of sp³-hybridized carbons (Fsp3) is 0.385. The van der Waals surface area contributed by atoms with E-state index in [9.17, 15) is 19.2 Å². The largest absolute Gasteiger partial charge is 0.497 e. The molecule has 1 atom stereocenters. The van der Waals surface area contributed by atoms with Crippen molar-refractivity contribution < 1.29 is 33.4 Å². The molecule has 1 fully saturated rings. The number of methoxy groups -OCH3 is 2. The maximum absolute atomic E-state index is 13.7. The number of anilines is 2. The van der Waals surface area contributed by atoms with E-state index in [4.69, 9.17) is 19.9 Å². The van der Waals surface area contributed by atoms with Crippen molar-refractivity contribution in [2.24, 2.45) is 0 Å². The Kier molecular flexibility index (Phi) is 10.4. The molecule has 14 heteroatoms. The number of hydrogen-bond donors (Lipinski definition) is 2. The van der Waals surface area contributed by atoms with E-state index < -0.39 is 11.9 Å². The molecule has 0 bridgehead atoms. The number of imide groups is 1. The van der Waals surface area contributed by atoms with Crippen LogP contribution in [0.15, 0.2) is 54.6 Å². The van der Waals surface area contributed by atoms with Gasteiger partial charge in [-0.25, -0.2) is 4.68 Å². The van der Waals surface area contributed by atoms with E-state index in [1.165, 1.54) is 14.5 Å². The quantitative estimate of drug-likeness (QED) is 0.114. The first-order valence-electron chi connectivity index (χ1n) is 17.6. The van der Waals surface area contributed by atoms with Crippen molar-refractivity contribution in [2.75, 3.05) is 38.4 Å². The third kappa shape index (κ3) is 7.39. The topological polar surface area (TPSA) is 171 Å². The van der Waals surface area contributed by atoms with Crippen LogP contribution in [0.5, 0.6) is 17.2 Å². The van der Waals surface area contributed by atoms with Crippen molar-refractivity contribution >= 4 is 35.0 Å². The number of aromatic nitrogens is 3. The first kappa shape index (κ1) is 36.9. The minimum absolute atomic E-state index is 0.124. The van der Waals surface area contributed by atoms with E-state index in [0.29, 0.717) is 64.0 Å². The first-order valence-corrected chi connectivity index (χ1v) is 17.6. The van der Waals surface area contributed by atoms with Crippen LogP contribution >= 0.6 is 0 Å². The number of unbranched alkanes of at least 4 members (excludes halogenated alkanes) is 1. The summed E-state index contributed by atoms with van der Waals surface area (Å²) >= 11 is 0. The van der Waals surface area contributed by atoms with Gasteiger partial charge in [-0.15, -0.1) is 5.10 Å². The Bertz CT molecular complexity index is 2070. The number of amides is 4. The van der Waals surface area contributed by atoms with Crippen molar-refractivity contribution in [3.63, 3.8) is 0 Å². The zero-order valence-corrected chi connectivity index (χ0v) is 30.9. The molecular weight excluding hydrogens is 678 g/mol. The number of nitrogen functional groups attached to an aromatic ring is 1. The van der Waals surface area contributed by atoms with Gasteiger partial charge in [0.25, 0.3) is 17.7 Å². The Morgan fingerprint density at radius 2 is 1.77 bits per heavy atom. The van der Waals surface area contributed by atoms with Crippen molar-refractivity contribution in [3.8, 4) is 22.9 Å². The van der Waals surface area contributed by atoms with Gasteiger partial charge in [-0.3, -0.25) is 24.1 Å². The molecule has 3 aromatic carbocycles. The molecule has 278 valence electrons. The lowest BCUT2D eigenvalue weighted by Crippen LogP contribution is -2.54. The number of carbonyl (C=O) groups excluding carboxylic acids is 4. The predicted octanol–water partition coefficient (Wildman–Crippen LogP) is 5.06. The van der Waals surface area contributed by atoms with Gasteiger partial charge in [0, 0.05) is 42.4 Å². The Morgan fingerprint density at radius 3 is 2.49 bits per heavy atom. The molecule has 1 saturated heterocycles. The molecule has 14 nitrogen and oxygen atoms in total. The molecule has 3 heterocycles. The van der Waals surface area contributed by atoms with Crippen LogP contribution in [0, 0.1) is 6.92 Å². The lowest BCUT2D eigenvalue weighted by Gasteiger charge is -2.35. The molecule has 0 radical (unpaired) electrons. The number of nitrogens with zero attached hydrogens (tertiary/aromatic N) is 5. The molecule has 3 N–H and O–H groups in total. The van der Waals surface area contributed by atoms with Gasteiger partial charge < -0.3 is 30.2 Å². The highest BCUT2D eigenvalue weighted by molar-refractivity contribution is 6.06. The van der Waals surface area contributed by atoms with E-state index in [2.05, 4.69) is 36.4 Å². The Hall–Kier alpha value is -5.92. The fourth-order valence-corrected chi connectivity index (χ4v) is 6.66. The number of ether oxygens (including phenoxy) is 3. The second kappa shape index (κ2) is 15.0. The van der Waals surface area contributed by atoms with Gasteiger partial charge in [0.2, 0.25) is 5.91 Å². The zero-order valence-electron chi connectivity index (χ0n) is 30.9. The van der Waals surface area contributed by atoms with Crippen molar-refractivity contribution in [2.45, 2.75) is 71.4 Å². The average molecular weight is 724 g/mol.